The number of alkyl halides is 3. The lowest BCUT2D eigenvalue weighted by molar-refractivity contribution is -0.137. The van der Waals surface area contributed by atoms with E-state index in [0.717, 1.165) is 30.0 Å². The molecule has 0 unspecified atom stereocenters. The second-order valence-corrected chi connectivity index (χ2v) is 8.89. The fourth-order valence-corrected chi connectivity index (χ4v) is 3.58. The highest BCUT2D eigenvalue weighted by atomic mass is 35.5. The molecule has 2 N–H and O–H groups in total. The Hall–Kier alpha value is -1.65. The van der Waals surface area contributed by atoms with Crippen LogP contribution in [0.25, 0.3) is 0 Å². The van der Waals surface area contributed by atoms with Gasteiger partial charge in [-0.15, -0.1) is 0 Å². The average Bonchev–Trinajstić information content (AvgIpc) is 2.57. The van der Waals surface area contributed by atoms with Gasteiger partial charge in [0.2, 0.25) is 5.91 Å². The van der Waals surface area contributed by atoms with Crippen LogP contribution < -0.4 is 10.9 Å². The number of aromatic nitrogens is 2. The number of benzene rings is 1. The lowest BCUT2D eigenvalue weighted by Gasteiger charge is -2.14. The molecular formula is C17H17ClF3N3O2S2. The lowest BCUT2D eigenvalue weighted by atomic mass is 10.1. The summed E-state index contributed by atoms with van der Waals surface area (Å²) in [5.74, 6) is -0.367. The number of halogens is 4. The monoisotopic (exact) mass is 451 g/mol. The maximum atomic E-state index is 13.0. The molecule has 5 nitrogen and oxygen atoms in total. The van der Waals surface area contributed by atoms with Gasteiger partial charge in [0, 0.05) is 16.8 Å². The van der Waals surface area contributed by atoms with Crippen molar-refractivity contribution in [1.29, 1.82) is 0 Å². The Morgan fingerprint density at radius 3 is 2.68 bits per heavy atom. The summed E-state index contributed by atoms with van der Waals surface area (Å²) in [6.07, 6.45) is -4.63. The Morgan fingerprint density at radius 1 is 1.32 bits per heavy atom. The third-order valence-corrected chi connectivity index (χ3v) is 5.48. The minimum atomic E-state index is -4.63. The first-order chi connectivity index (χ1) is 13.0. The number of carbonyl (C=O) groups is 1. The number of amides is 1. The van der Waals surface area contributed by atoms with E-state index in [1.54, 1.807) is 11.8 Å². The minimum absolute atomic E-state index is 0.0669. The minimum Gasteiger partial charge on any atom is -0.325 e. The number of nitrogens with zero attached hydrogens (tertiary/aromatic N) is 1. The molecule has 0 spiro atoms. The van der Waals surface area contributed by atoms with Crippen LogP contribution in [0.4, 0.5) is 18.9 Å². The Labute approximate surface area is 172 Å². The van der Waals surface area contributed by atoms with Crippen LogP contribution >= 0.6 is 35.1 Å². The molecule has 0 saturated carbocycles. The molecule has 152 valence electrons. The summed E-state index contributed by atoms with van der Waals surface area (Å²) in [7, 11) is 0. The van der Waals surface area contributed by atoms with Crippen molar-refractivity contribution in [2.45, 2.75) is 36.2 Å². The first-order valence-electron chi connectivity index (χ1n) is 8.06. The first-order valence-corrected chi connectivity index (χ1v) is 10.5. The largest absolute Gasteiger partial charge is 0.418 e. The van der Waals surface area contributed by atoms with E-state index in [0.29, 0.717) is 16.7 Å². The van der Waals surface area contributed by atoms with Gasteiger partial charge in [-0.3, -0.25) is 9.59 Å². The fourth-order valence-electron chi connectivity index (χ4n) is 2.07. The number of H-pyrrole nitrogens is 1. The predicted octanol–water partition coefficient (Wildman–Crippen LogP) is 4.81. The molecule has 1 amide bonds. The first kappa shape index (κ1) is 22.6. The molecule has 0 aliphatic heterocycles. The molecule has 1 aromatic carbocycles. The number of hydrogen-bond acceptors (Lipinski definition) is 5. The third-order valence-electron chi connectivity index (χ3n) is 3.24. The number of anilines is 1. The van der Waals surface area contributed by atoms with E-state index in [9.17, 15) is 22.8 Å². The molecule has 0 bridgehead atoms. The molecule has 2 rings (SSSR count). The summed E-state index contributed by atoms with van der Waals surface area (Å²) < 4.78 is 39.1. The smallest absolute Gasteiger partial charge is 0.325 e. The van der Waals surface area contributed by atoms with Crippen molar-refractivity contribution in [2.24, 2.45) is 0 Å². The van der Waals surface area contributed by atoms with E-state index >= 15 is 0 Å². The Bertz CT molecular complexity index is 904. The van der Waals surface area contributed by atoms with Crippen LogP contribution in [0.15, 0.2) is 34.2 Å². The van der Waals surface area contributed by atoms with Crippen LogP contribution in [0.2, 0.25) is 5.02 Å². The topological polar surface area (TPSA) is 74.8 Å². The quantitative estimate of drug-likeness (QED) is 0.466. The maximum Gasteiger partial charge on any atom is 0.418 e. The van der Waals surface area contributed by atoms with Crippen molar-refractivity contribution in [1.82, 2.24) is 9.97 Å². The number of aromatic amines is 1. The summed E-state index contributed by atoms with van der Waals surface area (Å²) in [5, 5.41) is 2.87. The van der Waals surface area contributed by atoms with Crippen molar-refractivity contribution >= 4 is 46.7 Å². The van der Waals surface area contributed by atoms with E-state index in [4.69, 9.17) is 11.6 Å². The van der Waals surface area contributed by atoms with Crippen molar-refractivity contribution in [3.63, 3.8) is 0 Å². The molecule has 0 aliphatic carbocycles. The fraction of sp³-hybridized carbons (Fsp3) is 0.353. The summed E-state index contributed by atoms with van der Waals surface area (Å²) >= 11 is 8.27. The average molecular weight is 452 g/mol. The number of carbonyl (C=O) groups excluding carboxylic acids is 1. The molecule has 0 radical (unpaired) electrons. The zero-order valence-corrected chi connectivity index (χ0v) is 17.3. The number of rotatable bonds is 7. The standard InChI is InChI=1S/C17H17ClF3N3O2S2/c1-9(2)27-7-11-6-14(25)24-16(22-11)28-8-15(26)23-13-5-10(18)3-4-12(13)17(19,20)21/h3-6,9H,7-8H2,1-2H3,(H,23,26)(H,22,24,25). The van der Waals surface area contributed by atoms with Gasteiger partial charge in [-0.05, 0) is 23.4 Å². The van der Waals surface area contributed by atoms with E-state index in [1.165, 1.54) is 6.07 Å². The van der Waals surface area contributed by atoms with Gasteiger partial charge in [-0.2, -0.15) is 24.9 Å². The molecule has 2 aromatic rings. The Balaban J connectivity index is 2.05. The normalized spacial score (nSPS) is 11.7. The summed E-state index contributed by atoms with van der Waals surface area (Å²) in [5.41, 5.74) is -1.20. The van der Waals surface area contributed by atoms with E-state index < -0.39 is 23.3 Å². The molecule has 0 fully saturated rings. The van der Waals surface area contributed by atoms with E-state index in [2.05, 4.69) is 15.3 Å². The highest BCUT2D eigenvalue weighted by Gasteiger charge is 2.34. The Kier molecular flexibility index (Phi) is 7.85. The van der Waals surface area contributed by atoms with Crippen LogP contribution in [0.3, 0.4) is 0 Å². The molecule has 0 aliphatic rings. The molecule has 1 heterocycles. The SMILES string of the molecule is CC(C)SCc1cc(=O)[nH]c(SCC(=O)Nc2cc(Cl)ccc2C(F)(F)F)n1. The van der Waals surface area contributed by atoms with Crippen LogP contribution in [0, 0.1) is 0 Å². The van der Waals surface area contributed by atoms with Gasteiger partial charge in [0.1, 0.15) is 0 Å². The number of hydrogen-bond donors (Lipinski definition) is 2. The van der Waals surface area contributed by atoms with E-state index in [1.807, 2.05) is 13.8 Å². The molecular weight excluding hydrogens is 435 g/mol. The van der Waals surface area contributed by atoms with Crippen molar-refractivity contribution in [3.05, 3.63) is 50.9 Å². The third kappa shape index (κ3) is 7.06. The van der Waals surface area contributed by atoms with Gasteiger partial charge in [0.25, 0.3) is 5.56 Å². The zero-order valence-electron chi connectivity index (χ0n) is 14.9. The van der Waals surface area contributed by atoms with E-state index in [-0.39, 0.29) is 21.5 Å². The van der Waals surface area contributed by atoms with Crippen molar-refractivity contribution in [3.8, 4) is 0 Å². The zero-order chi connectivity index (χ0) is 20.9. The van der Waals surface area contributed by atoms with Crippen LogP contribution in [-0.4, -0.2) is 26.9 Å². The summed E-state index contributed by atoms with van der Waals surface area (Å²) in [6.45, 7) is 4.03. The van der Waals surface area contributed by atoms with Gasteiger partial charge in [-0.1, -0.05) is 37.2 Å². The summed E-state index contributed by atoms with van der Waals surface area (Å²) in [6, 6.07) is 4.32. The molecule has 28 heavy (non-hydrogen) atoms. The van der Waals surface area contributed by atoms with Gasteiger partial charge < -0.3 is 10.3 Å². The van der Waals surface area contributed by atoms with Crippen LogP contribution in [0.5, 0.6) is 0 Å². The van der Waals surface area contributed by atoms with Gasteiger partial charge in [0.15, 0.2) is 5.16 Å². The summed E-state index contributed by atoms with van der Waals surface area (Å²) in [4.78, 5) is 30.6. The number of nitrogens with one attached hydrogen (secondary N) is 2. The molecule has 11 heteroatoms. The molecule has 1 aromatic heterocycles. The van der Waals surface area contributed by atoms with Crippen molar-refractivity contribution in [2.75, 3.05) is 11.1 Å². The number of thioether (sulfide) groups is 2. The highest BCUT2D eigenvalue weighted by molar-refractivity contribution is 7.99. The van der Waals surface area contributed by atoms with Crippen LogP contribution in [0.1, 0.15) is 25.1 Å². The van der Waals surface area contributed by atoms with Crippen molar-refractivity contribution < 1.29 is 18.0 Å². The second kappa shape index (κ2) is 9.71. The molecule has 0 saturated heterocycles. The highest BCUT2D eigenvalue weighted by Crippen LogP contribution is 2.36. The Morgan fingerprint density at radius 2 is 2.04 bits per heavy atom. The molecule has 0 atom stereocenters. The van der Waals surface area contributed by atoms with Crippen LogP contribution in [-0.2, 0) is 16.7 Å². The predicted molar refractivity (Wildman–Crippen MR) is 107 cm³/mol. The van der Waals surface area contributed by atoms with Gasteiger partial charge in [-0.25, -0.2) is 4.98 Å². The maximum absolute atomic E-state index is 13.0. The van der Waals surface area contributed by atoms with Gasteiger partial charge in [0.05, 0.1) is 22.7 Å². The second-order valence-electron chi connectivity index (χ2n) is 5.93. The van der Waals surface area contributed by atoms with Gasteiger partial charge >= 0.3 is 6.18 Å². The lowest BCUT2D eigenvalue weighted by Crippen LogP contribution is -2.19.